The largest absolute Gasteiger partial charge is 0.493 e. The topological polar surface area (TPSA) is 81.4 Å². The molecule has 8 nitrogen and oxygen atoms in total. The first-order chi connectivity index (χ1) is 12.7. The number of fused-ring (bicyclic) bond motifs is 1. The fraction of sp³-hybridized carbons (Fsp3) is 0.412. The Morgan fingerprint density at radius 1 is 1.19 bits per heavy atom. The third-order valence-corrected chi connectivity index (χ3v) is 5.61. The van der Waals surface area contributed by atoms with E-state index in [4.69, 9.17) is 14.2 Å². The van der Waals surface area contributed by atoms with Gasteiger partial charge in [0.05, 0.1) is 38.4 Å². The lowest BCUT2D eigenvalue weighted by Gasteiger charge is -2.34. The molecule has 0 amide bonds. The summed E-state index contributed by atoms with van der Waals surface area (Å²) in [6, 6.07) is 5.69. The maximum atomic E-state index is 10.7. The fourth-order valence-corrected chi connectivity index (χ4v) is 4.35. The van der Waals surface area contributed by atoms with Crippen molar-refractivity contribution in [3.05, 3.63) is 35.0 Å². The van der Waals surface area contributed by atoms with Crippen molar-refractivity contribution < 1.29 is 19.3 Å². The van der Waals surface area contributed by atoms with Crippen molar-refractivity contribution in [2.75, 3.05) is 40.5 Å². The lowest BCUT2D eigenvalue weighted by atomic mass is 10.0. The highest BCUT2D eigenvalue weighted by atomic mass is 32.1. The highest BCUT2D eigenvalue weighted by Gasteiger charge is 2.30. The lowest BCUT2D eigenvalue weighted by molar-refractivity contribution is 0.0240. The van der Waals surface area contributed by atoms with E-state index in [1.807, 2.05) is 18.2 Å². The van der Waals surface area contributed by atoms with Gasteiger partial charge < -0.3 is 19.3 Å². The Labute approximate surface area is 154 Å². The van der Waals surface area contributed by atoms with Gasteiger partial charge in [-0.3, -0.25) is 4.90 Å². The summed E-state index contributed by atoms with van der Waals surface area (Å²) < 4.78 is 17.8. The predicted molar refractivity (Wildman–Crippen MR) is 96.3 cm³/mol. The Kier molecular flexibility index (Phi) is 4.66. The van der Waals surface area contributed by atoms with Crippen LogP contribution in [0.3, 0.4) is 0 Å². The summed E-state index contributed by atoms with van der Waals surface area (Å²) in [6.07, 6.45) is 1.44. The molecule has 1 saturated heterocycles. The third kappa shape index (κ3) is 2.87. The average Bonchev–Trinajstić information content (AvgIpc) is 3.26. The van der Waals surface area contributed by atoms with Gasteiger partial charge in [-0.2, -0.15) is 9.61 Å². The first-order valence-corrected chi connectivity index (χ1v) is 9.09. The molecular formula is C17H20N4O4S. The fourth-order valence-electron chi connectivity index (χ4n) is 3.26. The molecule has 0 saturated carbocycles. The molecule has 0 radical (unpaired) electrons. The highest BCUT2D eigenvalue weighted by molar-refractivity contribution is 7.17. The molecule has 3 aromatic rings. The molecule has 1 aromatic carbocycles. The maximum Gasteiger partial charge on any atom is 0.230 e. The standard InChI is InChI=1S/C17H20N4O4S/c1-23-12-4-3-11(9-13(12)24-2)14(20-5-7-25-8-6-20)15-16(22)21-17(26-15)18-10-19-21/h3-4,9-10,14,22H,5-8H2,1-2H3/t14-/m1/s1. The van der Waals surface area contributed by atoms with Crippen LogP contribution in [0.25, 0.3) is 4.96 Å². The first-order valence-electron chi connectivity index (χ1n) is 8.28. The summed E-state index contributed by atoms with van der Waals surface area (Å²) in [5.74, 6) is 1.44. The Bertz CT molecular complexity index is 903. The van der Waals surface area contributed by atoms with E-state index in [-0.39, 0.29) is 11.9 Å². The second-order valence-electron chi connectivity index (χ2n) is 5.91. The van der Waals surface area contributed by atoms with Crippen LogP contribution in [-0.4, -0.2) is 65.1 Å². The first kappa shape index (κ1) is 17.1. The summed E-state index contributed by atoms with van der Waals surface area (Å²) in [6.45, 7) is 2.86. The van der Waals surface area contributed by atoms with Crippen LogP contribution in [0.2, 0.25) is 0 Å². The van der Waals surface area contributed by atoms with Crippen LogP contribution in [0.1, 0.15) is 16.5 Å². The van der Waals surface area contributed by atoms with Crippen molar-refractivity contribution >= 4 is 16.3 Å². The molecule has 1 atom stereocenters. The van der Waals surface area contributed by atoms with Gasteiger partial charge in [0.25, 0.3) is 0 Å². The zero-order valence-corrected chi connectivity index (χ0v) is 15.4. The van der Waals surface area contributed by atoms with Crippen molar-refractivity contribution in [2.24, 2.45) is 0 Å². The minimum Gasteiger partial charge on any atom is -0.493 e. The second kappa shape index (κ2) is 7.10. The van der Waals surface area contributed by atoms with Gasteiger partial charge in [-0.1, -0.05) is 17.4 Å². The molecule has 4 rings (SSSR count). The predicted octanol–water partition coefficient (Wildman–Crippen LogP) is 1.94. The Hall–Kier alpha value is -2.36. The van der Waals surface area contributed by atoms with Gasteiger partial charge in [0.15, 0.2) is 11.5 Å². The van der Waals surface area contributed by atoms with Gasteiger partial charge in [0.2, 0.25) is 10.8 Å². The van der Waals surface area contributed by atoms with Gasteiger partial charge in [-0.25, -0.2) is 4.98 Å². The van der Waals surface area contributed by atoms with Crippen LogP contribution in [-0.2, 0) is 4.74 Å². The van der Waals surface area contributed by atoms with E-state index < -0.39 is 0 Å². The number of hydrogen-bond acceptors (Lipinski definition) is 8. The molecule has 26 heavy (non-hydrogen) atoms. The molecule has 1 aliphatic heterocycles. The number of nitrogens with zero attached hydrogens (tertiary/aromatic N) is 4. The molecule has 0 aliphatic carbocycles. The number of hydrogen-bond donors (Lipinski definition) is 1. The molecular weight excluding hydrogens is 356 g/mol. The zero-order chi connectivity index (χ0) is 18.1. The number of aromatic hydroxyl groups is 1. The molecule has 3 heterocycles. The summed E-state index contributed by atoms with van der Waals surface area (Å²) in [5, 5.41) is 14.8. The second-order valence-corrected chi connectivity index (χ2v) is 6.92. The normalized spacial score (nSPS) is 16.7. The van der Waals surface area contributed by atoms with Gasteiger partial charge >= 0.3 is 0 Å². The number of thiazole rings is 1. The van der Waals surface area contributed by atoms with Crippen molar-refractivity contribution in [3.63, 3.8) is 0 Å². The maximum absolute atomic E-state index is 10.7. The van der Waals surface area contributed by atoms with E-state index >= 15 is 0 Å². The van der Waals surface area contributed by atoms with Crippen molar-refractivity contribution in [2.45, 2.75) is 6.04 Å². The van der Waals surface area contributed by atoms with Crippen LogP contribution in [0.15, 0.2) is 24.5 Å². The molecule has 9 heteroatoms. The smallest absolute Gasteiger partial charge is 0.230 e. The molecule has 138 valence electrons. The van der Waals surface area contributed by atoms with Crippen molar-refractivity contribution in [1.82, 2.24) is 19.5 Å². The number of methoxy groups -OCH3 is 2. The van der Waals surface area contributed by atoms with E-state index in [1.54, 1.807) is 14.2 Å². The van der Waals surface area contributed by atoms with E-state index in [2.05, 4.69) is 15.0 Å². The van der Waals surface area contributed by atoms with Gasteiger partial charge in [0, 0.05) is 13.1 Å². The number of benzene rings is 1. The lowest BCUT2D eigenvalue weighted by Crippen LogP contribution is -2.39. The van der Waals surface area contributed by atoms with Crippen LogP contribution in [0.4, 0.5) is 0 Å². The van der Waals surface area contributed by atoms with Crippen molar-refractivity contribution in [3.8, 4) is 17.4 Å². The molecule has 0 bridgehead atoms. The molecule has 0 unspecified atom stereocenters. The van der Waals surface area contributed by atoms with E-state index in [0.29, 0.717) is 29.7 Å². The Morgan fingerprint density at radius 2 is 1.96 bits per heavy atom. The zero-order valence-electron chi connectivity index (χ0n) is 14.6. The quantitative estimate of drug-likeness (QED) is 0.729. The monoisotopic (exact) mass is 376 g/mol. The summed E-state index contributed by atoms with van der Waals surface area (Å²) in [5.41, 5.74) is 1.00. The molecule has 1 fully saturated rings. The van der Waals surface area contributed by atoms with E-state index in [9.17, 15) is 5.11 Å². The summed E-state index contributed by atoms with van der Waals surface area (Å²) in [4.78, 5) is 7.96. The SMILES string of the molecule is COc1ccc([C@H](c2sc3ncnn3c2O)N2CCOCC2)cc1OC. The molecule has 1 aliphatic rings. The van der Waals surface area contributed by atoms with Gasteiger partial charge in [-0.15, -0.1) is 0 Å². The minimum absolute atomic E-state index is 0.119. The third-order valence-electron chi connectivity index (χ3n) is 4.52. The number of aromatic nitrogens is 3. The summed E-state index contributed by atoms with van der Waals surface area (Å²) in [7, 11) is 3.23. The van der Waals surface area contributed by atoms with Crippen LogP contribution in [0, 0.1) is 0 Å². The number of morpholine rings is 1. The van der Waals surface area contributed by atoms with Crippen LogP contribution < -0.4 is 9.47 Å². The highest BCUT2D eigenvalue weighted by Crippen LogP contribution is 2.42. The van der Waals surface area contributed by atoms with Gasteiger partial charge in [0.1, 0.15) is 6.33 Å². The molecule has 1 N–H and O–H groups in total. The minimum atomic E-state index is -0.146. The van der Waals surface area contributed by atoms with Crippen LogP contribution >= 0.6 is 11.3 Å². The molecule has 0 spiro atoms. The molecule has 2 aromatic heterocycles. The van der Waals surface area contributed by atoms with E-state index in [1.165, 1.54) is 22.2 Å². The number of rotatable bonds is 5. The van der Waals surface area contributed by atoms with Crippen LogP contribution in [0.5, 0.6) is 17.4 Å². The average molecular weight is 376 g/mol. The summed E-state index contributed by atoms with van der Waals surface area (Å²) >= 11 is 1.44. The Balaban J connectivity index is 1.83. The Morgan fingerprint density at radius 3 is 2.65 bits per heavy atom. The van der Waals surface area contributed by atoms with Gasteiger partial charge in [-0.05, 0) is 17.7 Å². The van der Waals surface area contributed by atoms with E-state index in [0.717, 1.165) is 23.5 Å². The number of ether oxygens (including phenoxy) is 3. The van der Waals surface area contributed by atoms with Crippen molar-refractivity contribution in [1.29, 1.82) is 0 Å².